The molecule has 4 aromatic rings. The fourth-order valence-electron chi connectivity index (χ4n) is 9.12. The van der Waals surface area contributed by atoms with E-state index in [0.29, 0.717) is 46.5 Å². The lowest BCUT2D eigenvalue weighted by Crippen LogP contribution is -2.62. The van der Waals surface area contributed by atoms with Gasteiger partial charge in [0.05, 0.1) is 27.8 Å². The molecule has 0 bridgehead atoms. The van der Waals surface area contributed by atoms with Crippen LogP contribution in [0.25, 0.3) is 10.9 Å². The molecule has 1 saturated carbocycles. The van der Waals surface area contributed by atoms with Gasteiger partial charge in [0.1, 0.15) is 29.8 Å². The number of pyridine rings is 2. The summed E-state index contributed by atoms with van der Waals surface area (Å²) in [4.78, 5) is 84.2. The van der Waals surface area contributed by atoms with E-state index < -0.39 is 35.7 Å². The summed E-state index contributed by atoms with van der Waals surface area (Å²) >= 11 is 0. The molecule has 5 amide bonds. The predicted octanol–water partition coefficient (Wildman–Crippen LogP) is 3.36. The summed E-state index contributed by atoms with van der Waals surface area (Å²) in [5.74, 6) is -0.330. The van der Waals surface area contributed by atoms with Gasteiger partial charge in [-0.25, -0.2) is 4.98 Å². The number of carbonyl (C=O) groups excluding carboxylic acids is 5. The number of fused-ring (bicyclic) bond motifs is 2. The van der Waals surface area contributed by atoms with Crippen LogP contribution in [-0.2, 0) is 9.59 Å². The van der Waals surface area contributed by atoms with Crippen molar-refractivity contribution in [2.24, 2.45) is 11.7 Å². The zero-order valence-electron chi connectivity index (χ0n) is 32.0. The summed E-state index contributed by atoms with van der Waals surface area (Å²) in [6.07, 6.45) is 5.96. The lowest BCUT2D eigenvalue weighted by molar-refractivity contribution is -0.158. The number of aromatic nitrogens is 2. The maximum Gasteiger partial charge on any atom is 0.262 e. The molecule has 2 aromatic carbocycles. The quantitative estimate of drug-likeness (QED) is 0.245. The minimum Gasteiger partial charge on any atom is -0.490 e. The van der Waals surface area contributed by atoms with Crippen molar-refractivity contribution < 1.29 is 28.7 Å². The smallest absolute Gasteiger partial charge is 0.262 e. The third-order valence-corrected chi connectivity index (χ3v) is 12.4. The molecule has 1 aliphatic carbocycles. The molecule has 3 saturated heterocycles. The zero-order chi connectivity index (χ0) is 40.1. The minimum atomic E-state index is -1.06. The van der Waals surface area contributed by atoms with Crippen LogP contribution >= 0.6 is 0 Å². The third kappa shape index (κ3) is 6.76. The number of rotatable bonds is 9. The number of carbonyl (C=O) groups is 5. The normalized spacial score (nSPS) is 22.9. The molecule has 1 atom stereocenters. The Bertz CT molecular complexity index is 2360. The second kappa shape index (κ2) is 15.2. The van der Waals surface area contributed by atoms with Gasteiger partial charge >= 0.3 is 0 Å². The number of ether oxygens (including phenoxy) is 1. The number of likely N-dealkylation sites (tertiary alicyclic amines) is 1. The molecule has 2 aromatic heterocycles. The first kappa shape index (κ1) is 37.2. The van der Waals surface area contributed by atoms with E-state index in [2.05, 4.69) is 30.7 Å². The topological polar surface area (TPSA) is 186 Å². The molecular formula is C43H43N9O6. The number of hydrogen-bond acceptors (Lipinski definition) is 12. The molecule has 296 valence electrons. The number of nitrogens with two attached hydrogens (primary N) is 1. The number of imide groups is 2. The standard InChI is InChI=1S/C43H43N9O6/c44-23-27-3-8-36(33-2-1-13-46-39(27)33)58-31-20-30(21-31)51-38(53)10-7-35(43(51)57)52-41(55)32-6-5-29(22-34(32)42(52)56)49-18-16-48(17-19-49)25-26-11-14-50(15-12-26)37-9-4-28(24-47-37)40(45)54/h1-6,8-9,13,22,24,26,30-31,35H,7,10-12,14-21,25H2,(H2,45,54). The van der Waals surface area contributed by atoms with Crippen LogP contribution in [0.1, 0.15) is 75.2 Å². The third-order valence-electron chi connectivity index (χ3n) is 12.4. The van der Waals surface area contributed by atoms with E-state index in [4.69, 9.17) is 10.5 Å². The molecule has 15 nitrogen and oxygen atoms in total. The summed E-state index contributed by atoms with van der Waals surface area (Å²) < 4.78 is 6.25. The van der Waals surface area contributed by atoms with Crippen molar-refractivity contribution in [3.05, 3.63) is 89.2 Å². The number of hydrogen-bond donors (Lipinski definition) is 1. The van der Waals surface area contributed by atoms with E-state index in [1.807, 2.05) is 18.2 Å². The van der Waals surface area contributed by atoms with Crippen LogP contribution in [0.4, 0.5) is 11.5 Å². The molecule has 15 heteroatoms. The Hall–Kier alpha value is -6.40. The van der Waals surface area contributed by atoms with E-state index in [-0.39, 0.29) is 36.0 Å². The Kier molecular flexibility index (Phi) is 9.72. The molecule has 0 radical (unpaired) electrons. The van der Waals surface area contributed by atoms with E-state index in [9.17, 15) is 29.2 Å². The monoisotopic (exact) mass is 781 g/mol. The summed E-state index contributed by atoms with van der Waals surface area (Å²) in [6.45, 7) is 6.13. The second-order valence-electron chi connectivity index (χ2n) is 15.8. The maximum atomic E-state index is 14.0. The number of nitriles is 1. The van der Waals surface area contributed by atoms with Crippen LogP contribution in [0, 0.1) is 17.2 Å². The number of anilines is 2. The van der Waals surface area contributed by atoms with Crippen LogP contribution in [0.5, 0.6) is 5.75 Å². The van der Waals surface area contributed by atoms with Gasteiger partial charge < -0.3 is 20.3 Å². The molecule has 58 heavy (non-hydrogen) atoms. The van der Waals surface area contributed by atoms with Crippen molar-refractivity contribution in [2.75, 3.05) is 55.6 Å². The lowest BCUT2D eigenvalue weighted by Gasteiger charge is -2.45. The van der Waals surface area contributed by atoms with E-state index in [1.165, 1.54) is 11.1 Å². The van der Waals surface area contributed by atoms with Gasteiger partial charge in [0.25, 0.3) is 17.7 Å². The molecule has 4 fully saturated rings. The number of amides is 5. The Morgan fingerprint density at radius 3 is 2.34 bits per heavy atom. The highest BCUT2D eigenvalue weighted by Crippen LogP contribution is 2.38. The Balaban J connectivity index is 0.786. The number of piperazine rings is 1. The number of primary amides is 1. The Morgan fingerprint density at radius 2 is 1.62 bits per heavy atom. The van der Waals surface area contributed by atoms with Gasteiger partial charge in [-0.1, -0.05) is 0 Å². The highest BCUT2D eigenvalue weighted by Gasteiger charge is 2.51. The minimum absolute atomic E-state index is 0.0514. The van der Waals surface area contributed by atoms with Crippen molar-refractivity contribution in [1.29, 1.82) is 5.26 Å². The summed E-state index contributed by atoms with van der Waals surface area (Å²) in [5.41, 5.74) is 8.17. The Labute approximate surface area is 334 Å². The van der Waals surface area contributed by atoms with Crippen LogP contribution in [0.2, 0.25) is 0 Å². The maximum absolute atomic E-state index is 14.0. The van der Waals surface area contributed by atoms with Gasteiger partial charge in [-0.15, -0.1) is 0 Å². The van der Waals surface area contributed by atoms with Gasteiger partial charge in [-0.05, 0) is 79.8 Å². The molecule has 5 aliphatic rings. The second-order valence-corrected chi connectivity index (χ2v) is 15.8. The zero-order valence-corrected chi connectivity index (χ0v) is 32.0. The average molecular weight is 782 g/mol. The van der Waals surface area contributed by atoms with E-state index in [1.54, 1.807) is 42.6 Å². The van der Waals surface area contributed by atoms with Crippen molar-refractivity contribution in [2.45, 2.75) is 56.7 Å². The van der Waals surface area contributed by atoms with Crippen LogP contribution < -0.4 is 20.3 Å². The van der Waals surface area contributed by atoms with Crippen molar-refractivity contribution >= 4 is 51.9 Å². The van der Waals surface area contributed by atoms with Crippen LogP contribution in [0.15, 0.2) is 67.0 Å². The highest BCUT2D eigenvalue weighted by atomic mass is 16.5. The fourth-order valence-corrected chi connectivity index (χ4v) is 9.12. The molecular weight excluding hydrogens is 739 g/mol. The number of nitrogens with zero attached hydrogens (tertiary/aromatic N) is 8. The molecule has 9 rings (SSSR count). The first-order valence-corrected chi connectivity index (χ1v) is 20.0. The number of benzene rings is 2. The van der Waals surface area contributed by atoms with Crippen molar-refractivity contribution in [3.8, 4) is 11.8 Å². The largest absolute Gasteiger partial charge is 0.490 e. The molecule has 6 heterocycles. The fraction of sp³-hybridized carbons (Fsp3) is 0.395. The molecule has 0 spiro atoms. The van der Waals surface area contributed by atoms with E-state index >= 15 is 0 Å². The SMILES string of the molecule is N#Cc1ccc(OC2CC(N3C(=O)CCC(N4C(=O)c5ccc(N6CCN(CC7CCN(c8ccc(C(N)=O)cn8)CC7)CC6)cc5C4=O)C3=O)C2)c2cccnc12. The summed E-state index contributed by atoms with van der Waals surface area (Å²) in [7, 11) is 0. The van der Waals surface area contributed by atoms with Crippen molar-refractivity contribution in [3.63, 3.8) is 0 Å². The molecule has 4 aliphatic heterocycles. The Morgan fingerprint density at radius 1 is 0.845 bits per heavy atom. The van der Waals surface area contributed by atoms with Crippen molar-refractivity contribution in [1.82, 2.24) is 24.7 Å². The van der Waals surface area contributed by atoms with Gasteiger partial charge in [-0.3, -0.25) is 43.7 Å². The number of piperidine rings is 2. The first-order chi connectivity index (χ1) is 28.2. The summed E-state index contributed by atoms with van der Waals surface area (Å²) in [5, 5.41) is 10.2. The van der Waals surface area contributed by atoms with E-state index in [0.717, 1.165) is 75.1 Å². The van der Waals surface area contributed by atoms with Crippen LogP contribution in [0.3, 0.4) is 0 Å². The molecule has 1 unspecified atom stereocenters. The van der Waals surface area contributed by atoms with Gasteiger partial charge in [0, 0.05) is 94.6 Å². The first-order valence-electron chi connectivity index (χ1n) is 20.0. The molecule has 2 N–H and O–H groups in total. The highest BCUT2D eigenvalue weighted by molar-refractivity contribution is 6.23. The van der Waals surface area contributed by atoms with Gasteiger partial charge in [-0.2, -0.15) is 5.26 Å². The van der Waals surface area contributed by atoms with Gasteiger partial charge in [0.2, 0.25) is 11.8 Å². The predicted molar refractivity (Wildman–Crippen MR) is 212 cm³/mol. The lowest BCUT2D eigenvalue weighted by atomic mass is 9.85. The average Bonchev–Trinajstić information content (AvgIpc) is 3.48. The van der Waals surface area contributed by atoms with Gasteiger partial charge in [0.15, 0.2) is 0 Å². The summed E-state index contributed by atoms with van der Waals surface area (Å²) in [6, 6.07) is 16.6. The van der Waals surface area contributed by atoms with Crippen LogP contribution in [-0.4, -0.2) is 118 Å².